The molecule has 96 valence electrons. The van der Waals surface area contributed by atoms with E-state index in [2.05, 4.69) is 10.1 Å². The van der Waals surface area contributed by atoms with Crippen LogP contribution in [0.3, 0.4) is 0 Å². The van der Waals surface area contributed by atoms with E-state index >= 15 is 0 Å². The van der Waals surface area contributed by atoms with Gasteiger partial charge in [0.15, 0.2) is 0 Å². The van der Waals surface area contributed by atoms with Gasteiger partial charge in [-0.15, -0.1) is 0 Å². The van der Waals surface area contributed by atoms with Crippen LogP contribution >= 0.6 is 0 Å². The highest BCUT2D eigenvalue weighted by Gasteiger charge is 2.22. The summed E-state index contributed by atoms with van der Waals surface area (Å²) in [6.07, 6.45) is -0.709. The molecule has 0 saturated heterocycles. The van der Waals surface area contributed by atoms with Crippen LogP contribution in [0.4, 0.5) is 4.79 Å². The highest BCUT2D eigenvalue weighted by molar-refractivity contribution is 5.71. The van der Waals surface area contributed by atoms with Crippen LogP contribution in [0.25, 0.3) is 0 Å². The number of nitrogens with one attached hydrogen (secondary N) is 1. The van der Waals surface area contributed by atoms with Crippen molar-refractivity contribution in [3.8, 4) is 0 Å². The van der Waals surface area contributed by atoms with Gasteiger partial charge < -0.3 is 32.1 Å². The second kappa shape index (κ2) is 7.29. The number of methoxy groups -OCH3 is 1. The molecule has 0 heterocycles. The first-order valence-electron chi connectivity index (χ1n) is 4.61. The quantitative estimate of drug-likeness (QED) is 0.510. The molecule has 16 heavy (non-hydrogen) atoms. The molecule has 0 unspecified atom stereocenters. The molecule has 0 aliphatic carbocycles. The topological polar surface area (TPSA) is 75.6 Å². The summed E-state index contributed by atoms with van der Waals surface area (Å²) in [5.74, 6) is -0.940. The number of alkyl carbamates (subject to hydrolysis) is 1. The number of hydrogen-bond donors (Lipinski definition) is 2. The number of ether oxygens (including phenoxy) is 1. The number of carboxylic acid groups (broad SMARTS) is 1. The van der Waals surface area contributed by atoms with Gasteiger partial charge >= 0.3 is 12.1 Å². The molecule has 0 aliphatic heterocycles. The Hall–Kier alpha value is -1.01. The number of quaternary nitrogens is 1. The van der Waals surface area contributed by atoms with Crippen molar-refractivity contribution in [1.82, 2.24) is 5.32 Å². The molecule has 0 spiro atoms. The summed E-state index contributed by atoms with van der Waals surface area (Å²) in [5, 5.41) is 11.2. The molecule has 6 nitrogen and oxygen atoms in total. The fraction of sp³-hybridized carbons (Fsp3) is 0.778. The molecule has 0 aromatic heterocycles. The minimum Gasteiger partial charge on any atom is -1.00 e. The number of carboxylic acids is 1. The second-order valence-corrected chi connectivity index (χ2v) is 4.40. The summed E-state index contributed by atoms with van der Waals surface area (Å²) in [4.78, 5) is 21.5. The molecule has 0 radical (unpaired) electrons. The third-order valence-corrected chi connectivity index (χ3v) is 1.70. The maximum Gasteiger partial charge on any atom is 0.407 e. The number of carbonyl (C=O) groups is 2. The van der Waals surface area contributed by atoms with E-state index in [-0.39, 0.29) is 18.8 Å². The third-order valence-electron chi connectivity index (χ3n) is 1.70. The Morgan fingerprint density at radius 1 is 1.38 bits per heavy atom. The van der Waals surface area contributed by atoms with Crippen molar-refractivity contribution in [2.75, 3.05) is 34.8 Å². The molecule has 0 aliphatic rings. The number of halogens is 1. The minimum absolute atomic E-state index is 0. The predicted octanol–water partition coefficient (Wildman–Crippen LogP) is -3.10. The van der Waals surface area contributed by atoms with Gasteiger partial charge in [0, 0.05) is 0 Å². The highest BCUT2D eigenvalue weighted by atomic mass is 35.5. The van der Waals surface area contributed by atoms with Crippen LogP contribution in [0.2, 0.25) is 0 Å². The van der Waals surface area contributed by atoms with Gasteiger partial charge in [0.2, 0.25) is 0 Å². The van der Waals surface area contributed by atoms with Crippen LogP contribution < -0.4 is 17.7 Å². The average Bonchev–Trinajstić information content (AvgIpc) is 1.99. The zero-order chi connectivity index (χ0) is 12.1. The molecule has 0 aromatic rings. The van der Waals surface area contributed by atoms with Crippen molar-refractivity contribution < 1.29 is 36.3 Å². The monoisotopic (exact) mass is 254 g/mol. The largest absolute Gasteiger partial charge is 1.00 e. The summed E-state index contributed by atoms with van der Waals surface area (Å²) in [5.41, 5.74) is 0. The van der Waals surface area contributed by atoms with E-state index in [0.29, 0.717) is 11.0 Å². The van der Waals surface area contributed by atoms with Crippen molar-refractivity contribution in [3.63, 3.8) is 0 Å². The van der Waals surface area contributed by atoms with Gasteiger partial charge in [0.05, 0.1) is 47.3 Å². The van der Waals surface area contributed by atoms with E-state index in [1.807, 2.05) is 21.1 Å². The summed E-state index contributed by atoms with van der Waals surface area (Å²) in [6.45, 7) is 0.529. The van der Waals surface area contributed by atoms with Gasteiger partial charge in [0.1, 0.15) is 0 Å². The molecule has 1 amide bonds. The predicted molar refractivity (Wildman–Crippen MR) is 54.5 cm³/mol. The van der Waals surface area contributed by atoms with Gasteiger partial charge in [-0.05, 0) is 0 Å². The molecule has 1 atom stereocenters. The van der Waals surface area contributed by atoms with Gasteiger partial charge in [-0.2, -0.15) is 0 Å². The normalized spacial score (nSPS) is 12.2. The second-order valence-electron chi connectivity index (χ2n) is 4.40. The lowest BCUT2D eigenvalue weighted by atomic mass is 10.2. The standard InChI is InChI=1S/C9H18N2O4.ClH/c1-11(2,3)6-7(5-8(12)13)10-9(14)15-4;/h7H,5-6H2,1-4H3,(H-,10,12,13,14);1H/t7-;/m0./s1. The number of hydrogen-bond acceptors (Lipinski definition) is 3. The number of amides is 1. The lowest BCUT2D eigenvalue weighted by Gasteiger charge is -2.28. The molecular weight excluding hydrogens is 236 g/mol. The average molecular weight is 255 g/mol. The van der Waals surface area contributed by atoms with Crippen LogP contribution in [0.5, 0.6) is 0 Å². The van der Waals surface area contributed by atoms with Gasteiger partial charge in [0.25, 0.3) is 0 Å². The zero-order valence-electron chi connectivity index (χ0n) is 9.99. The molecule has 0 bridgehead atoms. The lowest BCUT2D eigenvalue weighted by Crippen LogP contribution is -3.00. The van der Waals surface area contributed by atoms with Gasteiger partial charge in [-0.3, -0.25) is 4.79 Å². The maximum atomic E-state index is 11.0. The molecule has 0 fully saturated rings. The first-order chi connectivity index (χ1) is 6.74. The summed E-state index contributed by atoms with van der Waals surface area (Å²) >= 11 is 0. The van der Waals surface area contributed by atoms with E-state index in [4.69, 9.17) is 5.11 Å². The molecule has 0 aromatic carbocycles. The number of aliphatic carboxylic acids is 1. The zero-order valence-corrected chi connectivity index (χ0v) is 10.7. The summed E-state index contributed by atoms with van der Waals surface area (Å²) in [7, 11) is 7.02. The van der Waals surface area contributed by atoms with E-state index in [1.54, 1.807) is 0 Å². The molecule has 7 heteroatoms. The SMILES string of the molecule is COC(=O)N[C@@H](CC(=O)O)C[N+](C)(C)C.[Cl-]. The number of likely N-dealkylation sites (N-methyl/N-ethyl adjacent to an activating group) is 1. The van der Waals surface area contributed by atoms with E-state index in [0.717, 1.165) is 0 Å². The van der Waals surface area contributed by atoms with Crippen molar-refractivity contribution in [3.05, 3.63) is 0 Å². The van der Waals surface area contributed by atoms with Crippen LogP contribution in [-0.2, 0) is 9.53 Å². The Labute approximate surface area is 102 Å². The summed E-state index contributed by atoms with van der Waals surface area (Å²) < 4.78 is 5.00. The van der Waals surface area contributed by atoms with Crippen LogP contribution in [0.15, 0.2) is 0 Å². The lowest BCUT2D eigenvalue weighted by molar-refractivity contribution is -0.871. The third kappa shape index (κ3) is 9.54. The highest BCUT2D eigenvalue weighted by Crippen LogP contribution is 2.00. The Kier molecular flexibility index (Phi) is 7.93. The molecule has 0 saturated carbocycles. The minimum atomic E-state index is -0.940. The summed E-state index contributed by atoms with van der Waals surface area (Å²) in [6, 6.07) is -0.421. The fourth-order valence-electron chi connectivity index (χ4n) is 1.26. The number of rotatable bonds is 5. The van der Waals surface area contributed by atoms with Crippen molar-refractivity contribution >= 4 is 12.1 Å². The van der Waals surface area contributed by atoms with Crippen molar-refractivity contribution in [2.24, 2.45) is 0 Å². The van der Waals surface area contributed by atoms with Crippen LogP contribution in [0.1, 0.15) is 6.42 Å². The first-order valence-corrected chi connectivity index (χ1v) is 4.61. The van der Waals surface area contributed by atoms with Gasteiger partial charge in [-0.1, -0.05) is 0 Å². The molecule has 2 N–H and O–H groups in total. The molecular formula is C9H19ClN2O4. The Morgan fingerprint density at radius 2 is 1.88 bits per heavy atom. The Balaban J connectivity index is 0. The Morgan fingerprint density at radius 3 is 2.19 bits per heavy atom. The first kappa shape index (κ1) is 17.4. The van der Waals surface area contributed by atoms with Crippen molar-refractivity contribution in [1.29, 1.82) is 0 Å². The van der Waals surface area contributed by atoms with E-state index in [1.165, 1.54) is 7.11 Å². The van der Waals surface area contributed by atoms with Gasteiger partial charge in [-0.25, -0.2) is 4.79 Å². The maximum absolute atomic E-state index is 11.0. The van der Waals surface area contributed by atoms with Crippen molar-refractivity contribution in [2.45, 2.75) is 12.5 Å². The van der Waals surface area contributed by atoms with Crippen LogP contribution in [0, 0.1) is 0 Å². The number of nitrogens with zero attached hydrogens (tertiary/aromatic N) is 1. The van der Waals surface area contributed by atoms with E-state index < -0.39 is 18.1 Å². The van der Waals surface area contributed by atoms with Crippen LogP contribution in [-0.4, -0.2) is 62.5 Å². The fourth-order valence-corrected chi connectivity index (χ4v) is 1.26. The number of carbonyl (C=O) groups excluding carboxylic acids is 1. The Bertz CT molecular complexity index is 240. The van der Waals surface area contributed by atoms with E-state index in [9.17, 15) is 9.59 Å². The molecule has 0 rings (SSSR count). The smallest absolute Gasteiger partial charge is 0.407 e.